The zero-order chi connectivity index (χ0) is 15.7. The minimum atomic E-state index is -0.200. The van der Waals surface area contributed by atoms with Crippen LogP contribution in [0.25, 0.3) is 0 Å². The molecule has 0 saturated carbocycles. The first-order valence-corrected chi connectivity index (χ1v) is 8.04. The molecule has 1 aromatic carbocycles. The Morgan fingerprint density at radius 2 is 2.23 bits per heavy atom. The summed E-state index contributed by atoms with van der Waals surface area (Å²) in [5, 5.41) is 3.35. The zero-order valence-corrected chi connectivity index (χ0v) is 13.2. The van der Waals surface area contributed by atoms with Crippen LogP contribution in [0.2, 0.25) is 0 Å². The van der Waals surface area contributed by atoms with Crippen LogP contribution in [0.3, 0.4) is 0 Å². The number of ether oxygens (including phenoxy) is 2. The lowest BCUT2D eigenvalue weighted by Gasteiger charge is -2.34. The molecule has 2 aliphatic heterocycles. The summed E-state index contributed by atoms with van der Waals surface area (Å²) in [7, 11) is 0. The number of hydrogen-bond donors (Lipinski definition) is 2. The van der Waals surface area contributed by atoms with Crippen LogP contribution in [-0.2, 0) is 0 Å². The summed E-state index contributed by atoms with van der Waals surface area (Å²) in [4.78, 5) is 12.4. The fraction of sp³-hybridized carbons (Fsp3) is 0.588. The van der Waals surface area contributed by atoms with E-state index in [-0.39, 0.29) is 24.0 Å². The van der Waals surface area contributed by atoms with Crippen LogP contribution in [0, 0.1) is 0 Å². The maximum Gasteiger partial charge on any atom is 0.164 e. The molecule has 3 rings (SSSR count). The molecule has 4 atom stereocenters. The van der Waals surface area contributed by atoms with E-state index in [0.717, 1.165) is 19.4 Å². The molecule has 5 nitrogen and oxygen atoms in total. The molecule has 0 amide bonds. The number of nitrogens with two attached hydrogens (primary N) is 1. The second-order valence-electron chi connectivity index (χ2n) is 6.35. The highest BCUT2D eigenvalue weighted by atomic mass is 16.6. The highest BCUT2D eigenvalue weighted by Crippen LogP contribution is 2.35. The zero-order valence-electron chi connectivity index (χ0n) is 13.2. The fourth-order valence-electron chi connectivity index (χ4n) is 3.19. The molecular weight excluding hydrogens is 280 g/mol. The summed E-state index contributed by atoms with van der Waals surface area (Å²) in [5.74, 6) is 1.44. The van der Waals surface area contributed by atoms with E-state index in [9.17, 15) is 4.79 Å². The summed E-state index contributed by atoms with van der Waals surface area (Å²) in [5.41, 5.74) is 6.62. The Labute approximate surface area is 131 Å². The molecule has 3 N–H and O–H groups in total. The Balaban J connectivity index is 1.75. The van der Waals surface area contributed by atoms with Gasteiger partial charge >= 0.3 is 0 Å². The van der Waals surface area contributed by atoms with Gasteiger partial charge < -0.3 is 20.5 Å². The number of rotatable bonds is 4. The van der Waals surface area contributed by atoms with Gasteiger partial charge in [0.1, 0.15) is 12.2 Å². The lowest BCUT2D eigenvalue weighted by atomic mass is 10.0. The van der Waals surface area contributed by atoms with Crippen LogP contribution in [0.15, 0.2) is 18.2 Å². The first-order chi connectivity index (χ1) is 10.5. The summed E-state index contributed by atoms with van der Waals surface area (Å²) >= 11 is 0. The van der Waals surface area contributed by atoms with Crippen molar-refractivity contribution in [1.29, 1.82) is 0 Å². The van der Waals surface area contributed by atoms with Gasteiger partial charge in [-0.05, 0) is 51.4 Å². The first-order valence-electron chi connectivity index (χ1n) is 8.04. The van der Waals surface area contributed by atoms with E-state index in [1.807, 2.05) is 26.0 Å². The summed E-state index contributed by atoms with van der Waals surface area (Å²) in [6.07, 6.45) is 2.45. The van der Waals surface area contributed by atoms with Gasteiger partial charge in [-0.15, -0.1) is 0 Å². The third kappa shape index (κ3) is 3.10. The molecule has 120 valence electrons. The van der Waals surface area contributed by atoms with Crippen LogP contribution in [0.5, 0.6) is 11.5 Å². The van der Waals surface area contributed by atoms with E-state index in [1.54, 1.807) is 6.07 Å². The molecule has 2 heterocycles. The second-order valence-corrected chi connectivity index (χ2v) is 6.35. The highest BCUT2D eigenvalue weighted by molar-refractivity contribution is 5.97. The maximum atomic E-state index is 12.4. The molecular formula is C17H24N2O3. The largest absolute Gasteiger partial charge is 0.483 e. The van der Waals surface area contributed by atoms with Crippen molar-refractivity contribution in [3.63, 3.8) is 0 Å². The van der Waals surface area contributed by atoms with Gasteiger partial charge in [0, 0.05) is 24.1 Å². The molecule has 0 radical (unpaired) electrons. The molecule has 0 aliphatic carbocycles. The Kier molecular flexibility index (Phi) is 4.36. The van der Waals surface area contributed by atoms with Crippen LogP contribution in [-0.4, -0.2) is 36.6 Å². The molecule has 0 spiro atoms. The van der Waals surface area contributed by atoms with Crippen molar-refractivity contribution >= 4 is 5.78 Å². The van der Waals surface area contributed by atoms with Gasteiger partial charge in [0.05, 0.1) is 0 Å². The van der Waals surface area contributed by atoms with Gasteiger partial charge in [0.15, 0.2) is 17.3 Å². The van der Waals surface area contributed by atoms with Crippen molar-refractivity contribution < 1.29 is 14.3 Å². The van der Waals surface area contributed by atoms with Crippen LogP contribution >= 0.6 is 0 Å². The van der Waals surface area contributed by atoms with Crippen LogP contribution < -0.4 is 20.5 Å². The second kappa shape index (κ2) is 6.26. The van der Waals surface area contributed by atoms with E-state index < -0.39 is 0 Å². The summed E-state index contributed by atoms with van der Waals surface area (Å²) in [6, 6.07) is 5.59. The highest BCUT2D eigenvalue weighted by Gasteiger charge is 2.31. The summed E-state index contributed by atoms with van der Waals surface area (Å²) < 4.78 is 11.8. The quantitative estimate of drug-likeness (QED) is 0.831. The number of hydrogen-bond acceptors (Lipinski definition) is 5. The SMILES string of the molecule is CC(N)C1Oc2cc(C(=O)CC3CCCN3)ccc2OC1C. The molecule has 1 saturated heterocycles. The number of ketones is 1. The molecule has 2 aliphatic rings. The Morgan fingerprint density at radius 1 is 1.41 bits per heavy atom. The predicted octanol–water partition coefficient (Wildman–Crippen LogP) is 1.89. The minimum absolute atomic E-state index is 0.100. The lowest BCUT2D eigenvalue weighted by Crippen LogP contribution is -2.48. The Bertz CT molecular complexity index is 553. The summed E-state index contributed by atoms with van der Waals surface area (Å²) in [6.45, 7) is 4.85. The molecule has 4 unspecified atom stereocenters. The van der Waals surface area contributed by atoms with Crippen LogP contribution in [0.4, 0.5) is 0 Å². The monoisotopic (exact) mass is 304 g/mol. The Morgan fingerprint density at radius 3 is 2.91 bits per heavy atom. The van der Waals surface area contributed by atoms with Crippen molar-refractivity contribution in [2.75, 3.05) is 6.54 Å². The smallest absolute Gasteiger partial charge is 0.164 e. The molecule has 0 aromatic heterocycles. The number of fused-ring (bicyclic) bond motifs is 1. The number of carbonyl (C=O) groups is 1. The van der Waals surface area contributed by atoms with Crippen molar-refractivity contribution in [3.8, 4) is 11.5 Å². The van der Waals surface area contributed by atoms with Gasteiger partial charge in [0.2, 0.25) is 0 Å². The number of carbonyl (C=O) groups excluding carboxylic acids is 1. The van der Waals surface area contributed by atoms with Gasteiger partial charge in [-0.2, -0.15) is 0 Å². The Hall–Kier alpha value is -1.59. The standard InChI is InChI=1S/C17H24N2O3/c1-10(18)17-11(2)21-15-6-5-12(8-16(15)22-17)14(20)9-13-4-3-7-19-13/h5-6,8,10-11,13,17,19H,3-4,7,9,18H2,1-2H3. The average molecular weight is 304 g/mol. The van der Waals surface area contributed by atoms with Gasteiger partial charge in [-0.1, -0.05) is 0 Å². The molecule has 1 fully saturated rings. The number of Topliss-reactive ketones (excluding diaryl/α,β-unsaturated/α-hetero) is 1. The molecule has 5 heteroatoms. The van der Waals surface area contributed by atoms with E-state index in [1.165, 1.54) is 0 Å². The van der Waals surface area contributed by atoms with Crippen molar-refractivity contribution in [2.45, 2.75) is 57.4 Å². The van der Waals surface area contributed by atoms with E-state index in [4.69, 9.17) is 15.2 Å². The number of nitrogens with one attached hydrogen (secondary N) is 1. The average Bonchev–Trinajstić information content (AvgIpc) is 2.98. The van der Waals surface area contributed by atoms with Crippen molar-refractivity contribution in [1.82, 2.24) is 5.32 Å². The van der Waals surface area contributed by atoms with E-state index in [2.05, 4.69) is 5.32 Å². The molecule has 1 aromatic rings. The lowest BCUT2D eigenvalue weighted by molar-refractivity contribution is 0.0198. The van der Waals surface area contributed by atoms with E-state index >= 15 is 0 Å². The van der Waals surface area contributed by atoms with Crippen LogP contribution in [0.1, 0.15) is 43.5 Å². The maximum absolute atomic E-state index is 12.4. The topological polar surface area (TPSA) is 73.6 Å². The van der Waals surface area contributed by atoms with Crippen molar-refractivity contribution in [3.05, 3.63) is 23.8 Å². The third-order valence-electron chi connectivity index (χ3n) is 4.42. The van der Waals surface area contributed by atoms with Gasteiger partial charge in [-0.3, -0.25) is 4.79 Å². The number of benzene rings is 1. The fourth-order valence-corrected chi connectivity index (χ4v) is 3.19. The third-order valence-corrected chi connectivity index (χ3v) is 4.42. The molecule has 22 heavy (non-hydrogen) atoms. The predicted molar refractivity (Wildman–Crippen MR) is 84.6 cm³/mol. The van der Waals surface area contributed by atoms with Gasteiger partial charge in [0.25, 0.3) is 0 Å². The minimum Gasteiger partial charge on any atom is -0.483 e. The first kappa shape index (κ1) is 15.3. The van der Waals surface area contributed by atoms with Gasteiger partial charge in [-0.25, -0.2) is 0 Å². The molecule has 0 bridgehead atoms. The van der Waals surface area contributed by atoms with E-state index in [0.29, 0.717) is 29.5 Å². The van der Waals surface area contributed by atoms with Crippen molar-refractivity contribution in [2.24, 2.45) is 5.73 Å². The normalized spacial score (nSPS) is 28.4.